The van der Waals surface area contributed by atoms with Crippen LogP contribution in [0.25, 0.3) is 32.9 Å². The van der Waals surface area contributed by atoms with Gasteiger partial charge in [-0.25, -0.2) is 12.4 Å². The molecule has 2 atom stereocenters. The van der Waals surface area contributed by atoms with Crippen molar-refractivity contribution in [2.75, 3.05) is 19.3 Å². The van der Waals surface area contributed by atoms with Crippen molar-refractivity contribution in [2.45, 2.75) is 46.8 Å². The molecule has 10 nitrogen and oxygen atoms in total. The fraction of sp³-hybridized carbons (Fsp3) is 0.370. The van der Waals surface area contributed by atoms with Gasteiger partial charge in [0.25, 0.3) is 11.8 Å². The van der Waals surface area contributed by atoms with Crippen molar-refractivity contribution in [2.24, 2.45) is 5.73 Å². The Balaban J connectivity index is 1.94. The highest BCUT2D eigenvalue weighted by atomic mass is 32.2. The van der Waals surface area contributed by atoms with Gasteiger partial charge in [0, 0.05) is 35.0 Å². The third-order valence-corrected chi connectivity index (χ3v) is 7.96. The summed E-state index contributed by atoms with van der Waals surface area (Å²) in [6.07, 6.45) is 0.773. The van der Waals surface area contributed by atoms with Crippen LogP contribution in [0, 0.1) is 20.8 Å². The number of morpholine rings is 1. The summed E-state index contributed by atoms with van der Waals surface area (Å²) in [4.78, 5) is 28.5. The number of rotatable bonds is 4. The van der Waals surface area contributed by atoms with E-state index in [1.54, 1.807) is 49.9 Å². The summed E-state index contributed by atoms with van der Waals surface area (Å²) < 4.78 is 38.6. The molecule has 3 heterocycles. The number of aromatic nitrogens is 2. The standard InChI is InChI=1S/C27H30N4O6S/c1-13-7-20(27(33)30-11-14(2)36-15(3)12-30)24-19-9-18(23-16(4)29-37-17(23)5)10-21(26(28)32)25(19)31(22(24)8-13)38(6,34)35/h7-10,14-15H,11-12H2,1-6H3,(H2,28,32)/t14-,15+. The topological polar surface area (TPSA) is 138 Å². The fourth-order valence-electron chi connectivity index (χ4n) is 5.63. The number of aryl methyl sites for hydroxylation is 3. The Kier molecular flexibility index (Phi) is 6.11. The molecular weight excluding hydrogens is 508 g/mol. The third-order valence-electron chi connectivity index (χ3n) is 6.92. The Bertz CT molecular complexity index is 1720. The van der Waals surface area contributed by atoms with E-state index in [9.17, 15) is 18.0 Å². The van der Waals surface area contributed by atoms with Crippen LogP contribution in [0.1, 0.15) is 51.6 Å². The van der Waals surface area contributed by atoms with Gasteiger partial charge in [0.05, 0.1) is 40.8 Å². The van der Waals surface area contributed by atoms with Gasteiger partial charge < -0.3 is 19.9 Å². The molecule has 2 aromatic heterocycles. The second kappa shape index (κ2) is 8.95. The van der Waals surface area contributed by atoms with E-state index in [0.29, 0.717) is 63.1 Å². The Hall–Kier alpha value is -3.70. The number of nitrogens with zero attached hydrogens (tertiary/aromatic N) is 3. The largest absolute Gasteiger partial charge is 0.372 e. The van der Waals surface area contributed by atoms with Crippen LogP contribution < -0.4 is 5.73 Å². The molecule has 1 aliphatic rings. The first-order chi connectivity index (χ1) is 17.8. The van der Waals surface area contributed by atoms with Crippen LogP contribution in [0.15, 0.2) is 28.8 Å². The van der Waals surface area contributed by atoms with E-state index in [2.05, 4.69) is 5.16 Å². The van der Waals surface area contributed by atoms with Gasteiger partial charge >= 0.3 is 0 Å². The summed E-state index contributed by atoms with van der Waals surface area (Å²) in [6, 6.07) is 6.79. The summed E-state index contributed by atoms with van der Waals surface area (Å²) in [5.41, 5.74) is 9.18. The molecule has 1 fully saturated rings. The number of hydrogen-bond acceptors (Lipinski definition) is 7. The third kappa shape index (κ3) is 4.15. The molecule has 4 aromatic rings. The molecule has 2 N–H and O–H groups in total. The van der Waals surface area contributed by atoms with E-state index in [1.165, 1.54) is 0 Å². The fourth-order valence-corrected chi connectivity index (χ4v) is 6.66. The molecule has 38 heavy (non-hydrogen) atoms. The van der Waals surface area contributed by atoms with Crippen LogP contribution in [0.3, 0.4) is 0 Å². The molecule has 200 valence electrons. The predicted molar refractivity (Wildman–Crippen MR) is 144 cm³/mol. The van der Waals surface area contributed by atoms with E-state index in [-0.39, 0.29) is 29.2 Å². The van der Waals surface area contributed by atoms with Gasteiger partial charge in [-0.1, -0.05) is 5.16 Å². The molecule has 0 aliphatic carbocycles. The second-order valence-electron chi connectivity index (χ2n) is 10.2. The number of benzene rings is 2. The molecule has 5 rings (SSSR count). The van der Waals surface area contributed by atoms with Crippen LogP contribution in [0.2, 0.25) is 0 Å². The van der Waals surface area contributed by atoms with Crippen molar-refractivity contribution in [1.29, 1.82) is 0 Å². The highest BCUT2D eigenvalue weighted by Gasteiger charge is 2.31. The van der Waals surface area contributed by atoms with Crippen LogP contribution in [0.5, 0.6) is 0 Å². The summed E-state index contributed by atoms with van der Waals surface area (Å²) in [5, 5.41) is 4.88. The molecule has 2 amide bonds. The zero-order chi connectivity index (χ0) is 27.7. The number of carbonyl (C=O) groups is 2. The first kappa shape index (κ1) is 25.9. The number of amides is 2. The molecule has 1 saturated heterocycles. The first-order valence-corrected chi connectivity index (χ1v) is 14.1. The smallest absolute Gasteiger partial charge is 0.254 e. The maximum Gasteiger partial charge on any atom is 0.254 e. The predicted octanol–water partition coefficient (Wildman–Crippen LogP) is 3.53. The van der Waals surface area contributed by atoms with Crippen LogP contribution in [-0.2, 0) is 14.8 Å². The van der Waals surface area contributed by atoms with Crippen LogP contribution in [-0.4, -0.2) is 65.8 Å². The van der Waals surface area contributed by atoms with Crippen molar-refractivity contribution < 1.29 is 27.3 Å². The summed E-state index contributed by atoms with van der Waals surface area (Å²) in [7, 11) is -3.92. The maximum atomic E-state index is 14.0. The first-order valence-electron chi connectivity index (χ1n) is 12.3. The molecule has 0 saturated carbocycles. The summed E-state index contributed by atoms with van der Waals surface area (Å²) in [5.74, 6) is -0.499. The Morgan fingerprint density at radius 2 is 1.68 bits per heavy atom. The van der Waals surface area contributed by atoms with E-state index >= 15 is 0 Å². The average Bonchev–Trinajstić information content (AvgIpc) is 3.32. The van der Waals surface area contributed by atoms with Gasteiger partial charge in [-0.2, -0.15) is 0 Å². The molecule has 2 aromatic carbocycles. The minimum Gasteiger partial charge on any atom is -0.372 e. The Morgan fingerprint density at radius 3 is 2.24 bits per heavy atom. The second-order valence-corrected chi connectivity index (χ2v) is 12.0. The molecule has 0 bridgehead atoms. The van der Waals surface area contributed by atoms with Crippen molar-refractivity contribution in [1.82, 2.24) is 14.0 Å². The highest BCUT2D eigenvalue weighted by molar-refractivity contribution is 7.89. The molecule has 0 unspecified atom stereocenters. The SMILES string of the molecule is Cc1cc(C(=O)N2C[C@@H](C)O[C@@H](C)C2)c2c3cc(-c4c(C)noc4C)cc(C(N)=O)c3n(S(C)(=O)=O)c2c1. The maximum absolute atomic E-state index is 14.0. The molecule has 0 spiro atoms. The minimum absolute atomic E-state index is 0.0174. The zero-order valence-corrected chi connectivity index (χ0v) is 23.0. The number of hydrogen-bond donors (Lipinski definition) is 1. The molecule has 1 aliphatic heterocycles. The van der Waals surface area contributed by atoms with Gasteiger partial charge in [-0.15, -0.1) is 0 Å². The van der Waals surface area contributed by atoms with Crippen molar-refractivity contribution in [3.63, 3.8) is 0 Å². The normalized spacial score (nSPS) is 18.4. The van der Waals surface area contributed by atoms with Crippen molar-refractivity contribution in [3.05, 3.63) is 52.4 Å². The number of primary amides is 1. The quantitative estimate of drug-likeness (QED) is 0.419. The van der Waals surface area contributed by atoms with Crippen molar-refractivity contribution in [3.8, 4) is 11.1 Å². The summed E-state index contributed by atoms with van der Waals surface area (Å²) >= 11 is 0. The lowest BCUT2D eigenvalue weighted by Crippen LogP contribution is -2.48. The lowest BCUT2D eigenvalue weighted by molar-refractivity contribution is -0.0585. The minimum atomic E-state index is -3.92. The Morgan fingerprint density at radius 1 is 1.03 bits per heavy atom. The highest BCUT2D eigenvalue weighted by Crippen LogP contribution is 2.40. The van der Waals surface area contributed by atoms with E-state index in [1.807, 2.05) is 13.8 Å². The van der Waals surface area contributed by atoms with Gasteiger partial charge in [0.15, 0.2) is 0 Å². The number of fused-ring (bicyclic) bond motifs is 3. The lowest BCUT2D eigenvalue weighted by atomic mass is 9.96. The van der Waals surface area contributed by atoms with E-state index in [4.69, 9.17) is 15.0 Å². The van der Waals surface area contributed by atoms with Gasteiger partial charge in [0.2, 0.25) is 10.0 Å². The van der Waals surface area contributed by atoms with Gasteiger partial charge in [-0.3, -0.25) is 9.59 Å². The number of nitrogens with two attached hydrogens (primary N) is 1. The Labute approximate surface area is 220 Å². The van der Waals surface area contributed by atoms with E-state index < -0.39 is 15.9 Å². The molecule has 0 radical (unpaired) electrons. The van der Waals surface area contributed by atoms with Gasteiger partial charge in [0.1, 0.15) is 5.76 Å². The molecular formula is C27H30N4O6S. The molecule has 11 heteroatoms. The van der Waals surface area contributed by atoms with E-state index in [0.717, 1.165) is 10.2 Å². The summed E-state index contributed by atoms with van der Waals surface area (Å²) in [6.45, 7) is 9.95. The zero-order valence-electron chi connectivity index (χ0n) is 22.2. The van der Waals surface area contributed by atoms with Crippen LogP contribution in [0.4, 0.5) is 0 Å². The number of ether oxygens (including phenoxy) is 1. The van der Waals surface area contributed by atoms with Gasteiger partial charge in [-0.05, 0) is 70.0 Å². The van der Waals surface area contributed by atoms with Crippen molar-refractivity contribution >= 4 is 43.6 Å². The lowest BCUT2D eigenvalue weighted by Gasteiger charge is -2.35. The van der Waals surface area contributed by atoms with Crippen LogP contribution >= 0.6 is 0 Å². The monoisotopic (exact) mass is 538 g/mol. The number of carbonyl (C=O) groups excluding carboxylic acids is 2. The average molecular weight is 539 g/mol.